The molecule has 0 aromatic heterocycles. The molecule has 2 aromatic carbocycles. The molecule has 0 radical (unpaired) electrons. The van der Waals surface area contributed by atoms with Crippen LogP contribution in [0, 0.1) is 0 Å². The van der Waals surface area contributed by atoms with E-state index in [9.17, 15) is 9.90 Å². The molecular weight excluding hydrogens is 354 g/mol. The maximum atomic E-state index is 12.3. The summed E-state index contributed by atoms with van der Waals surface area (Å²) in [5.74, 6) is 0.0308. The minimum absolute atomic E-state index is 0.0308. The first-order valence-electron chi connectivity index (χ1n) is 9.82. The molecule has 1 unspecified atom stereocenters. The van der Waals surface area contributed by atoms with Crippen molar-refractivity contribution in [2.24, 2.45) is 0 Å². The van der Waals surface area contributed by atoms with Crippen LogP contribution in [-0.2, 0) is 9.47 Å². The molecule has 1 atom stereocenters. The van der Waals surface area contributed by atoms with Gasteiger partial charge in [0, 0.05) is 25.3 Å². The van der Waals surface area contributed by atoms with E-state index >= 15 is 0 Å². The SMILES string of the molecule is CC1(C)CC(O)(CNC(=O)OCC2c3ccccc3-c3ccccc32)CCO1. The largest absolute Gasteiger partial charge is 0.449 e. The summed E-state index contributed by atoms with van der Waals surface area (Å²) in [5, 5.41) is 13.5. The molecule has 0 saturated carbocycles. The number of rotatable bonds is 4. The van der Waals surface area contributed by atoms with Crippen molar-refractivity contribution in [2.45, 2.75) is 43.8 Å². The van der Waals surface area contributed by atoms with Crippen LogP contribution < -0.4 is 5.32 Å². The molecule has 1 heterocycles. The number of carbonyl (C=O) groups excluding carboxylic acids is 1. The lowest BCUT2D eigenvalue weighted by Gasteiger charge is -2.41. The van der Waals surface area contributed by atoms with Crippen LogP contribution in [0.3, 0.4) is 0 Å². The Hall–Kier alpha value is -2.37. The lowest BCUT2D eigenvalue weighted by molar-refractivity contribution is -0.141. The van der Waals surface area contributed by atoms with Crippen molar-refractivity contribution < 1.29 is 19.4 Å². The van der Waals surface area contributed by atoms with Gasteiger partial charge in [-0.1, -0.05) is 48.5 Å². The van der Waals surface area contributed by atoms with Crippen molar-refractivity contribution in [3.63, 3.8) is 0 Å². The van der Waals surface area contributed by atoms with E-state index in [0.29, 0.717) is 19.4 Å². The number of hydrogen-bond acceptors (Lipinski definition) is 4. The first-order chi connectivity index (χ1) is 13.4. The topological polar surface area (TPSA) is 67.8 Å². The van der Waals surface area contributed by atoms with Gasteiger partial charge in [-0.25, -0.2) is 4.79 Å². The van der Waals surface area contributed by atoms with Crippen LogP contribution in [0.5, 0.6) is 0 Å². The molecule has 0 spiro atoms. The normalized spacial score (nSPS) is 23.0. The molecule has 2 aromatic rings. The van der Waals surface area contributed by atoms with E-state index in [-0.39, 0.29) is 19.1 Å². The van der Waals surface area contributed by atoms with Crippen LogP contribution in [0.25, 0.3) is 11.1 Å². The number of benzene rings is 2. The van der Waals surface area contributed by atoms with Crippen LogP contribution in [0.2, 0.25) is 0 Å². The highest BCUT2D eigenvalue weighted by Gasteiger charge is 2.39. The first kappa shape index (κ1) is 19.0. The predicted molar refractivity (Wildman–Crippen MR) is 107 cm³/mol. The highest BCUT2D eigenvalue weighted by molar-refractivity contribution is 5.79. The average molecular weight is 381 g/mol. The monoisotopic (exact) mass is 381 g/mol. The molecule has 2 aliphatic rings. The van der Waals surface area contributed by atoms with Gasteiger partial charge in [0.25, 0.3) is 0 Å². The summed E-state index contributed by atoms with van der Waals surface area (Å²) < 4.78 is 11.2. The van der Waals surface area contributed by atoms with E-state index in [4.69, 9.17) is 9.47 Å². The molecule has 148 valence electrons. The van der Waals surface area contributed by atoms with E-state index in [2.05, 4.69) is 29.6 Å². The zero-order valence-electron chi connectivity index (χ0n) is 16.4. The molecule has 4 rings (SSSR count). The molecule has 1 saturated heterocycles. The van der Waals surface area contributed by atoms with Gasteiger partial charge in [0.2, 0.25) is 0 Å². The summed E-state index contributed by atoms with van der Waals surface area (Å²) in [4.78, 5) is 12.3. The van der Waals surface area contributed by atoms with Crippen molar-refractivity contribution in [1.29, 1.82) is 0 Å². The van der Waals surface area contributed by atoms with E-state index in [1.165, 1.54) is 22.3 Å². The van der Waals surface area contributed by atoms with Gasteiger partial charge in [-0.05, 0) is 36.1 Å². The maximum Gasteiger partial charge on any atom is 0.407 e. The second-order valence-electron chi connectivity index (χ2n) is 8.44. The molecule has 1 amide bonds. The predicted octanol–water partition coefficient (Wildman–Crippen LogP) is 3.85. The van der Waals surface area contributed by atoms with Crippen LogP contribution in [0.4, 0.5) is 4.79 Å². The molecular formula is C23H27NO4. The van der Waals surface area contributed by atoms with Gasteiger partial charge in [0.15, 0.2) is 0 Å². The van der Waals surface area contributed by atoms with Gasteiger partial charge < -0.3 is 19.9 Å². The first-order valence-corrected chi connectivity index (χ1v) is 9.82. The quantitative estimate of drug-likeness (QED) is 0.844. The van der Waals surface area contributed by atoms with Gasteiger partial charge in [0.1, 0.15) is 6.61 Å². The number of aliphatic hydroxyl groups is 1. The lowest BCUT2D eigenvalue weighted by Crippen LogP contribution is -2.52. The Morgan fingerprint density at radius 2 is 1.75 bits per heavy atom. The summed E-state index contributed by atoms with van der Waals surface area (Å²) in [6.07, 6.45) is 0.476. The Morgan fingerprint density at radius 1 is 1.14 bits per heavy atom. The van der Waals surface area contributed by atoms with Crippen molar-refractivity contribution >= 4 is 6.09 Å². The van der Waals surface area contributed by atoms with Gasteiger partial charge in [-0.15, -0.1) is 0 Å². The van der Waals surface area contributed by atoms with Crippen molar-refractivity contribution in [3.05, 3.63) is 59.7 Å². The molecule has 0 bridgehead atoms. The van der Waals surface area contributed by atoms with E-state index in [1.807, 2.05) is 38.1 Å². The Morgan fingerprint density at radius 3 is 2.36 bits per heavy atom. The number of fused-ring (bicyclic) bond motifs is 3. The number of amides is 1. The third-order valence-corrected chi connectivity index (χ3v) is 5.72. The summed E-state index contributed by atoms with van der Waals surface area (Å²) in [6, 6.07) is 16.5. The summed E-state index contributed by atoms with van der Waals surface area (Å²) in [7, 11) is 0. The summed E-state index contributed by atoms with van der Waals surface area (Å²) >= 11 is 0. The third-order valence-electron chi connectivity index (χ3n) is 5.72. The van der Waals surface area contributed by atoms with Crippen LogP contribution >= 0.6 is 0 Å². The molecule has 28 heavy (non-hydrogen) atoms. The molecule has 5 heteroatoms. The number of nitrogens with one attached hydrogen (secondary N) is 1. The second kappa shape index (κ2) is 7.22. The maximum absolute atomic E-state index is 12.3. The van der Waals surface area contributed by atoms with E-state index in [1.54, 1.807) is 0 Å². The van der Waals surface area contributed by atoms with Gasteiger partial charge in [-0.3, -0.25) is 0 Å². The minimum atomic E-state index is -0.965. The van der Waals surface area contributed by atoms with Crippen LogP contribution in [0.15, 0.2) is 48.5 Å². The Kier molecular flexibility index (Phi) is 4.89. The summed E-state index contributed by atoms with van der Waals surface area (Å²) in [6.45, 7) is 4.81. The number of hydrogen-bond donors (Lipinski definition) is 2. The number of carbonyl (C=O) groups is 1. The van der Waals surface area contributed by atoms with E-state index in [0.717, 1.165) is 0 Å². The minimum Gasteiger partial charge on any atom is -0.449 e. The molecule has 5 nitrogen and oxygen atoms in total. The fraction of sp³-hybridized carbons (Fsp3) is 0.435. The summed E-state index contributed by atoms with van der Waals surface area (Å²) in [5.41, 5.74) is 3.41. The fourth-order valence-electron chi connectivity index (χ4n) is 4.49. The van der Waals surface area contributed by atoms with E-state index < -0.39 is 17.3 Å². The Balaban J connectivity index is 1.38. The number of ether oxygens (including phenoxy) is 2. The third kappa shape index (κ3) is 3.77. The van der Waals surface area contributed by atoms with Crippen molar-refractivity contribution in [1.82, 2.24) is 5.32 Å². The Labute approximate surface area is 165 Å². The number of alkyl carbamates (subject to hydrolysis) is 1. The molecule has 1 fully saturated rings. The lowest BCUT2D eigenvalue weighted by atomic mass is 9.84. The second-order valence-corrected chi connectivity index (χ2v) is 8.44. The molecule has 1 aliphatic carbocycles. The van der Waals surface area contributed by atoms with Gasteiger partial charge in [0.05, 0.1) is 17.8 Å². The zero-order valence-corrected chi connectivity index (χ0v) is 16.4. The molecule has 1 aliphatic heterocycles. The average Bonchev–Trinajstić information content (AvgIpc) is 2.98. The van der Waals surface area contributed by atoms with Crippen LogP contribution in [0.1, 0.15) is 43.7 Å². The molecule has 2 N–H and O–H groups in total. The fourth-order valence-corrected chi connectivity index (χ4v) is 4.49. The van der Waals surface area contributed by atoms with Crippen LogP contribution in [-0.4, -0.2) is 42.2 Å². The standard InChI is InChI=1S/C23H27NO4/c1-22(2)14-23(26,11-12-28-22)15-24-21(25)27-13-20-18-9-5-3-7-16(18)17-8-4-6-10-19(17)20/h3-10,20,26H,11-15H2,1-2H3,(H,24,25). The highest BCUT2D eigenvalue weighted by atomic mass is 16.5. The van der Waals surface area contributed by atoms with Gasteiger partial charge in [-0.2, -0.15) is 0 Å². The highest BCUT2D eigenvalue weighted by Crippen LogP contribution is 2.44. The Bertz CT molecular complexity index is 833. The van der Waals surface area contributed by atoms with Crippen molar-refractivity contribution in [2.75, 3.05) is 19.8 Å². The van der Waals surface area contributed by atoms with Gasteiger partial charge >= 0.3 is 6.09 Å². The smallest absolute Gasteiger partial charge is 0.407 e. The van der Waals surface area contributed by atoms with Crippen molar-refractivity contribution in [3.8, 4) is 11.1 Å². The zero-order chi connectivity index (χ0) is 19.8.